The fourth-order valence-corrected chi connectivity index (χ4v) is 8.45. The molecule has 1 aliphatic rings. The molecule has 0 aliphatic carbocycles. The molecule has 1 unspecified atom stereocenters. The van der Waals surface area contributed by atoms with Gasteiger partial charge in [0.05, 0.1) is 5.71 Å². The van der Waals surface area contributed by atoms with E-state index in [-0.39, 0.29) is 6.17 Å². The minimum atomic E-state index is -0.305. The molecule has 9 aromatic carbocycles. The van der Waals surface area contributed by atoms with Gasteiger partial charge >= 0.3 is 0 Å². The summed E-state index contributed by atoms with van der Waals surface area (Å²) < 4.78 is 6.75. The highest BCUT2D eigenvalue weighted by Gasteiger charge is 2.23. The number of fused-ring (bicyclic) bond motifs is 5. The van der Waals surface area contributed by atoms with Crippen LogP contribution in [-0.2, 0) is 0 Å². The van der Waals surface area contributed by atoms with Gasteiger partial charge in [0.25, 0.3) is 0 Å². The second kappa shape index (κ2) is 13.7. The van der Waals surface area contributed by atoms with Gasteiger partial charge in [0, 0.05) is 27.6 Å². The number of hydrogen-bond donors (Lipinski definition) is 1. The lowest BCUT2D eigenvalue weighted by Crippen LogP contribution is -2.25. The average molecular weight is 729 g/mol. The third kappa shape index (κ3) is 5.89. The highest BCUT2D eigenvalue weighted by Crippen LogP contribution is 2.40. The first-order valence-corrected chi connectivity index (χ1v) is 19.5. The minimum absolute atomic E-state index is 0.305. The zero-order valence-corrected chi connectivity index (χ0v) is 31.1. The standard InChI is InChI=1S/C54H36N2O/c1-2-11-35(12-3-1)37-23-26-40(27-24-37)46-19-9-21-48-52-47(20-10-22-51(52)57-53(46)48)50-34-49(43-32-25-36-13-4-5-15-42(36)33-43)55-54(56-50)41-30-28-39(29-31-41)45-18-8-16-38-14-6-7-17-44(38)45/h1-34,54-55H. The molecule has 268 valence electrons. The average Bonchev–Trinajstić information content (AvgIpc) is 3.68. The Morgan fingerprint density at radius 2 is 1.02 bits per heavy atom. The van der Waals surface area contributed by atoms with Crippen LogP contribution in [0, 0.1) is 0 Å². The lowest BCUT2D eigenvalue weighted by Gasteiger charge is -2.25. The molecule has 3 heteroatoms. The molecule has 0 radical (unpaired) electrons. The van der Waals surface area contributed by atoms with Gasteiger partial charge in [0.2, 0.25) is 0 Å². The van der Waals surface area contributed by atoms with Crippen LogP contribution < -0.4 is 5.32 Å². The van der Waals surface area contributed by atoms with E-state index in [1.54, 1.807) is 0 Å². The van der Waals surface area contributed by atoms with E-state index in [4.69, 9.17) is 9.41 Å². The van der Waals surface area contributed by atoms with Gasteiger partial charge in [-0.05, 0) is 78.7 Å². The highest BCUT2D eigenvalue weighted by atomic mass is 16.3. The maximum Gasteiger partial charge on any atom is 0.145 e. The third-order valence-electron chi connectivity index (χ3n) is 11.3. The van der Waals surface area contributed by atoms with Crippen LogP contribution >= 0.6 is 0 Å². The van der Waals surface area contributed by atoms with E-state index in [1.807, 2.05) is 0 Å². The van der Waals surface area contributed by atoms with Crippen molar-refractivity contribution in [3.05, 3.63) is 223 Å². The summed E-state index contributed by atoms with van der Waals surface area (Å²) in [6.45, 7) is 0. The monoisotopic (exact) mass is 728 g/mol. The highest BCUT2D eigenvalue weighted by molar-refractivity contribution is 6.24. The van der Waals surface area contributed by atoms with Crippen molar-refractivity contribution in [2.45, 2.75) is 6.17 Å². The van der Waals surface area contributed by atoms with E-state index in [1.165, 1.54) is 43.8 Å². The molecule has 1 N–H and O–H groups in total. The predicted molar refractivity (Wildman–Crippen MR) is 238 cm³/mol. The zero-order valence-electron chi connectivity index (χ0n) is 31.1. The molecule has 0 spiro atoms. The van der Waals surface area contributed by atoms with Crippen LogP contribution in [0.25, 0.3) is 82.6 Å². The predicted octanol–water partition coefficient (Wildman–Crippen LogP) is 14.0. The smallest absolute Gasteiger partial charge is 0.145 e. The van der Waals surface area contributed by atoms with Gasteiger partial charge in [-0.3, -0.25) is 4.99 Å². The molecule has 3 nitrogen and oxygen atoms in total. The van der Waals surface area contributed by atoms with Crippen LogP contribution in [0.1, 0.15) is 22.9 Å². The summed E-state index contributed by atoms with van der Waals surface area (Å²) in [6.07, 6.45) is 1.89. The fraction of sp³-hybridized carbons (Fsp3) is 0.0185. The van der Waals surface area contributed by atoms with Crippen molar-refractivity contribution in [2.24, 2.45) is 4.99 Å². The Hall–Kier alpha value is -7.49. The molecule has 1 aliphatic heterocycles. The van der Waals surface area contributed by atoms with E-state index in [9.17, 15) is 0 Å². The van der Waals surface area contributed by atoms with E-state index in [0.717, 1.165) is 61.2 Å². The van der Waals surface area contributed by atoms with Gasteiger partial charge in [-0.2, -0.15) is 0 Å². The fourth-order valence-electron chi connectivity index (χ4n) is 8.45. The second-order valence-corrected chi connectivity index (χ2v) is 14.7. The molecule has 11 rings (SSSR count). The summed E-state index contributed by atoms with van der Waals surface area (Å²) in [5.41, 5.74) is 13.9. The quantitative estimate of drug-likeness (QED) is 0.185. The van der Waals surface area contributed by atoms with Crippen molar-refractivity contribution in [1.82, 2.24) is 5.32 Å². The Morgan fingerprint density at radius 1 is 0.421 bits per heavy atom. The van der Waals surface area contributed by atoms with Gasteiger partial charge in [0.1, 0.15) is 17.3 Å². The van der Waals surface area contributed by atoms with E-state index < -0.39 is 0 Å². The number of nitrogens with one attached hydrogen (secondary N) is 1. The van der Waals surface area contributed by atoms with Gasteiger partial charge in [-0.25, -0.2) is 0 Å². The Labute approximate surface area is 330 Å². The van der Waals surface area contributed by atoms with Gasteiger partial charge in [-0.15, -0.1) is 0 Å². The second-order valence-electron chi connectivity index (χ2n) is 14.7. The van der Waals surface area contributed by atoms with Crippen LogP contribution in [0.2, 0.25) is 0 Å². The maximum atomic E-state index is 6.75. The van der Waals surface area contributed by atoms with Gasteiger partial charge < -0.3 is 9.73 Å². The molecule has 2 heterocycles. The molecule has 10 aromatic rings. The first kappa shape index (κ1) is 32.9. The third-order valence-corrected chi connectivity index (χ3v) is 11.3. The van der Waals surface area contributed by atoms with Gasteiger partial charge in [-0.1, -0.05) is 188 Å². The summed E-state index contributed by atoms with van der Waals surface area (Å²) in [5.74, 6) is 0. The Kier molecular flexibility index (Phi) is 7.89. The van der Waals surface area contributed by atoms with Crippen LogP contribution in [0.4, 0.5) is 0 Å². The molecular formula is C54H36N2O. The van der Waals surface area contributed by atoms with Crippen molar-refractivity contribution in [3.8, 4) is 33.4 Å². The molecule has 0 amide bonds. The SMILES string of the molecule is C1=C(c2ccc3ccccc3c2)NC(c2ccc(-c3cccc4ccccc34)cc2)N=C1c1cccc2oc3c(-c4ccc(-c5ccccc5)cc4)cccc3c12. The number of aliphatic imine (C=N–C) groups is 1. The van der Waals surface area contributed by atoms with Crippen LogP contribution in [0.5, 0.6) is 0 Å². The Bertz CT molecular complexity index is 3180. The summed E-state index contributed by atoms with van der Waals surface area (Å²) in [5, 5.41) is 10.9. The van der Waals surface area contributed by atoms with Gasteiger partial charge in [0.15, 0.2) is 0 Å². The number of nitrogens with zero attached hydrogens (tertiary/aromatic N) is 1. The Balaban J connectivity index is 1.03. The van der Waals surface area contributed by atoms with Crippen molar-refractivity contribution in [3.63, 3.8) is 0 Å². The van der Waals surface area contributed by atoms with E-state index in [0.29, 0.717) is 0 Å². The first-order valence-electron chi connectivity index (χ1n) is 19.5. The van der Waals surface area contributed by atoms with Crippen LogP contribution in [0.3, 0.4) is 0 Å². The largest absolute Gasteiger partial charge is 0.455 e. The Morgan fingerprint density at radius 3 is 1.88 bits per heavy atom. The minimum Gasteiger partial charge on any atom is -0.455 e. The molecule has 1 atom stereocenters. The van der Waals surface area contributed by atoms with E-state index in [2.05, 4.69) is 212 Å². The topological polar surface area (TPSA) is 37.5 Å². The molecule has 0 fully saturated rings. The number of allylic oxidation sites excluding steroid dienone is 1. The molecule has 1 aromatic heterocycles. The summed E-state index contributed by atoms with van der Waals surface area (Å²) in [6, 6.07) is 71.2. The lowest BCUT2D eigenvalue weighted by molar-refractivity contribution is 0.664. The number of rotatable bonds is 6. The van der Waals surface area contributed by atoms with Crippen molar-refractivity contribution < 1.29 is 4.42 Å². The van der Waals surface area contributed by atoms with E-state index >= 15 is 0 Å². The molecular weight excluding hydrogens is 693 g/mol. The number of hydrogen-bond acceptors (Lipinski definition) is 3. The van der Waals surface area contributed by atoms with Crippen molar-refractivity contribution >= 4 is 54.9 Å². The summed E-state index contributed by atoms with van der Waals surface area (Å²) in [7, 11) is 0. The number of furan rings is 1. The number of para-hydroxylation sites is 1. The summed E-state index contributed by atoms with van der Waals surface area (Å²) >= 11 is 0. The normalized spacial score (nSPS) is 14.1. The number of benzene rings is 9. The molecule has 0 saturated carbocycles. The molecule has 0 saturated heterocycles. The van der Waals surface area contributed by atoms with Crippen molar-refractivity contribution in [2.75, 3.05) is 0 Å². The lowest BCUT2D eigenvalue weighted by atomic mass is 9.95. The zero-order chi connectivity index (χ0) is 37.7. The van der Waals surface area contributed by atoms with Crippen molar-refractivity contribution in [1.29, 1.82) is 0 Å². The summed E-state index contributed by atoms with van der Waals surface area (Å²) in [4.78, 5) is 5.46. The molecule has 57 heavy (non-hydrogen) atoms. The first-order chi connectivity index (χ1) is 28.2. The maximum absolute atomic E-state index is 6.75. The van der Waals surface area contributed by atoms with Crippen LogP contribution in [0.15, 0.2) is 216 Å². The van der Waals surface area contributed by atoms with Crippen LogP contribution in [-0.4, -0.2) is 5.71 Å². The molecule has 0 bridgehead atoms.